The van der Waals surface area contributed by atoms with Crippen molar-refractivity contribution in [3.63, 3.8) is 0 Å². The van der Waals surface area contributed by atoms with Crippen LogP contribution in [0.4, 0.5) is 5.00 Å². The smallest absolute Gasteiger partial charge is 0.349 e. The van der Waals surface area contributed by atoms with E-state index >= 15 is 0 Å². The zero-order valence-electron chi connectivity index (χ0n) is 15.8. The van der Waals surface area contributed by atoms with Gasteiger partial charge in [-0.3, -0.25) is 9.59 Å². The van der Waals surface area contributed by atoms with Gasteiger partial charge in [-0.1, -0.05) is 0 Å². The normalized spacial score (nSPS) is 10.3. The SMILES string of the molecule is CCOC(=O)c1c(NC(=O)COC(=O)c2sccc2C)sc(C(=O)NC)c1C. The predicted molar refractivity (Wildman–Crippen MR) is 106 cm³/mol. The molecule has 2 aromatic rings. The van der Waals surface area contributed by atoms with Crippen molar-refractivity contribution in [1.29, 1.82) is 0 Å². The molecule has 10 heteroatoms. The molecule has 0 aliphatic carbocycles. The Labute approximate surface area is 169 Å². The van der Waals surface area contributed by atoms with Gasteiger partial charge in [0.15, 0.2) is 6.61 Å². The van der Waals surface area contributed by atoms with E-state index in [1.54, 1.807) is 32.2 Å². The summed E-state index contributed by atoms with van der Waals surface area (Å²) in [6.07, 6.45) is 0. The summed E-state index contributed by atoms with van der Waals surface area (Å²) in [6.45, 7) is 4.65. The van der Waals surface area contributed by atoms with Crippen molar-refractivity contribution in [3.8, 4) is 0 Å². The first-order chi connectivity index (χ1) is 13.3. The lowest BCUT2D eigenvalue weighted by Gasteiger charge is -2.07. The van der Waals surface area contributed by atoms with Gasteiger partial charge in [0, 0.05) is 7.05 Å². The molecule has 8 nitrogen and oxygen atoms in total. The van der Waals surface area contributed by atoms with Crippen LogP contribution in [0.3, 0.4) is 0 Å². The lowest BCUT2D eigenvalue weighted by Crippen LogP contribution is -2.21. The van der Waals surface area contributed by atoms with Gasteiger partial charge in [0.2, 0.25) is 0 Å². The molecule has 28 heavy (non-hydrogen) atoms. The van der Waals surface area contributed by atoms with E-state index in [9.17, 15) is 19.2 Å². The number of anilines is 1. The van der Waals surface area contributed by atoms with Crippen LogP contribution in [0, 0.1) is 13.8 Å². The Bertz CT molecular complexity index is 915. The van der Waals surface area contributed by atoms with Crippen LogP contribution in [0.25, 0.3) is 0 Å². The van der Waals surface area contributed by atoms with Gasteiger partial charge in [-0.05, 0) is 43.3 Å². The quantitative estimate of drug-likeness (QED) is 0.661. The summed E-state index contributed by atoms with van der Waals surface area (Å²) < 4.78 is 10.0. The monoisotopic (exact) mass is 424 g/mol. The molecule has 2 N–H and O–H groups in total. The largest absolute Gasteiger partial charge is 0.462 e. The number of nitrogens with one attached hydrogen (secondary N) is 2. The number of aryl methyl sites for hydroxylation is 1. The predicted octanol–water partition coefficient (Wildman–Crippen LogP) is 2.76. The van der Waals surface area contributed by atoms with E-state index in [4.69, 9.17) is 9.47 Å². The van der Waals surface area contributed by atoms with Crippen LogP contribution >= 0.6 is 22.7 Å². The highest BCUT2D eigenvalue weighted by molar-refractivity contribution is 7.18. The minimum Gasteiger partial charge on any atom is -0.462 e. The van der Waals surface area contributed by atoms with E-state index in [2.05, 4.69) is 10.6 Å². The number of esters is 2. The first kappa shape index (κ1) is 21.6. The summed E-state index contributed by atoms with van der Waals surface area (Å²) in [7, 11) is 1.47. The maximum atomic E-state index is 12.3. The molecule has 0 saturated carbocycles. The molecule has 2 aromatic heterocycles. The first-order valence-electron chi connectivity index (χ1n) is 8.33. The van der Waals surface area contributed by atoms with Gasteiger partial charge in [-0.2, -0.15) is 0 Å². The molecule has 0 aliphatic rings. The van der Waals surface area contributed by atoms with Crippen LogP contribution in [-0.4, -0.2) is 44.0 Å². The molecular formula is C18H20N2O6S2. The lowest BCUT2D eigenvalue weighted by molar-refractivity contribution is -0.119. The highest BCUT2D eigenvalue weighted by Crippen LogP contribution is 2.33. The lowest BCUT2D eigenvalue weighted by atomic mass is 10.1. The van der Waals surface area contributed by atoms with Crippen LogP contribution in [0.15, 0.2) is 11.4 Å². The summed E-state index contributed by atoms with van der Waals surface area (Å²) in [5, 5.41) is 6.94. The van der Waals surface area contributed by atoms with Crippen molar-refractivity contribution < 1.29 is 28.7 Å². The highest BCUT2D eigenvalue weighted by Gasteiger charge is 2.26. The molecule has 2 amide bonds. The number of amides is 2. The van der Waals surface area contributed by atoms with Crippen molar-refractivity contribution >= 4 is 51.4 Å². The second kappa shape index (κ2) is 9.47. The number of carbonyl (C=O) groups is 4. The number of thiophene rings is 2. The van der Waals surface area contributed by atoms with Crippen LogP contribution < -0.4 is 10.6 Å². The fourth-order valence-corrected chi connectivity index (χ4v) is 4.30. The molecule has 0 aliphatic heterocycles. The van der Waals surface area contributed by atoms with E-state index in [1.807, 2.05) is 0 Å². The summed E-state index contributed by atoms with van der Waals surface area (Å²) in [4.78, 5) is 49.2. The molecule has 2 rings (SSSR count). The van der Waals surface area contributed by atoms with E-state index in [0.29, 0.717) is 10.4 Å². The maximum absolute atomic E-state index is 12.3. The van der Waals surface area contributed by atoms with Gasteiger partial charge in [-0.25, -0.2) is 9.59 Å². The molecule has 0 spiro atoms. The average molecular weight is 425 g/mol. The molecule has 150 valence electrons. The molecule has 0 unspecified atom stereocenters. The minimum atomic E-state index is -0.645. The van der Waals surface area contributed by atoms with Gasteiger partial charge in [0.05, 0.1) is 17.0 Å². The van der Waals surface area contributed by atoms with Crippen molar-refractivity contribution in [2.45, 2.75) is 20.8 Å². The molecule has 0 atom stereocenters. The zero-order chi connectivity index (χ0) is 20.8. The third-order valence-corrected chi connectivity index (χ3v) is 5.90. The van der Waals surface area contributed by atoms with E-state index in [0.717, 1.165) is 16.9 Å². The van der Waals surface area contributed by atoms with Gasteiger partial charge < -0.3 is 20.1 Å². The van der Waals surface area contributed by atoms with E-state index in [-0.39, 0.29) is 28.0 Å². The molecule has 0 saturated heterocycles. The molecule has 2 heterocycles. The van der Waals surface area contributed by atoms with Gasteiger partial charge >= 0.3 is 11.9 Å². The molecule has 0 bridgehead atoms. The highest BCUT2D eigenvalue weighted by atomic mass is 32.1. The number of carbonyl (C=O) groups excluding carboxylic acids is 4. The Morgan fingerprint density at radius 2 is 1.79 bits per heavy atom. The number of ether oxygens (including phenoxy) is 2. The Balaban J connectivity index is 2.16. The van der Waals surface area contributed by atoms with Crippen LogP contribution in [0.2, 0.25) is 0 Å². The average Bonchev–Trinajstić information content (AvgIpc) is 3.22. The third-order valence-electron chi connectivity index (χ3n) is 3.69. The van der Waals surface area contributed by atoms with Crippen LogP contribution in [0.1, 0.15) is 47.8 Å². The second-order valence-electron chi connectivity index (χ2n) is 5.62. The minimum absolute atomic E-state index is 0.110. The summed E-state index contributed by atoms with van der Waals surface area (Å²) >= 11 is 2.18. The molecule has 0 fully saturated rings. The zero-order valence-corrected chi connectivity index (χ0v) is 17.5. The van der Waals surface area contributed by atoms with Crippen LogP contribution in [-0.2, 0) is 14.3 Å². The fraction of sp³-hybridized carbons (Fsp3) is 0.333. The summed E-state index contributed by atoms with van der Waals surface area (Å²) in [5.41, 5.74) is 1.28. The Morgan fingerprint density at radius 1 is 1.07 bits per heavy atom. The topological polar surface area (TPSA) is 111 Å². The van der Waals surface area contributed by atoms with E-state index in [1.165, 1.54) is 18.4 Å². The number of hydrogen-bond donors (Lipinski definition) is 2. The third kappa shape index (κ3) is 4.76. The number of hydrogen-bond acceptors (Lipinski definition) is 8. The van der Waals surface area contributed by atoms with Crippen LogP contribution in [0.5, 0.6) is 0 Å². The second-order valence-corrected chi connectivity index (χ2v) is 7.55. The van der Waals surface area contributed by atoms with Gasteiger partial charge in [0.25, 0.3) is 11.8 Å². The Morgan fingerprint density at radius 3 is 2.36 bits per heavy atom. The Hall–Kier alpha value is -2.72. The number of rotatable bonds is 7. The van der Waals surface area contributed by atoms with Gasteiger partial charge in [-0.15, -0.1) is 22.7 Å². The van der Waals surface area contributed by atoms with Crippen molar-refractivity contribution in [3.05, 3.63) is 37.9 Å². The van der Waals surface area contributed by atoms with Crippen molar-refractivity contribution in [2.24, 2.45) is 0 Å². The standard InChI is InChI=1S/C18H20N2O6S2/c1-5-25-17(23)12-10(3)14(15(22)19-4)28-16(12)20-11(21)8-26-18(24)13-9(2)6-7-27-13/h6-7H,5,8H2,1-4H3,(H,19,22)(H,20,21). The molecule has 0 radical (unpaired) electrons. The summed E-state index contributed by atoms with van der Waals surface area (Å²) in [5.74, 6) is -2.25. The summed E-state index contributed by atoms with van der Waals surface area (Å²) in [6, 6.07) is 1.78. The van der Waals surface area contributed by atoms with Crippen molar-refractivity contribution in [2.75, 3.05) is 25.6 Å². The van der Waals surface area contributed by atoms with Gasteiger partial charge in [0.1, 0.15) is 9.88 Å². The fourth-order valence-electron chi connectivity index (χ4n) is 2.32. The maximum Gasteiger partial charge on any atom is 0.349 e. The van der Waals surface area contributed by atoms with E-state index < -0.39 is 24.5 Å². The first-order valence-corrected chi connectivity index (χ1v) is 10.0. The molecular weight excluding hydrogens is 404 g/mol. The Kier molecular flexibility index (Phi) is 7.30. The van der Waals surface area contributed by atoms with Crippen molar-refractivity contribution in [1.82, 2.24) is 5.32 Å². The molecule has 0 aromatic carbocycles.